The summed E-state index contributed by atoms with van der Waals surface area (Å²) in [6, 6.07) is 11.1. The van der Waals surface area contributed by atoms with Gasteiger partial charge in [0.15, 0.2) is 0 Å². The lowest BCUT2D eigenvalue weighted by molar-refractivity contribution is 0.0937. The average Bonchev–Trinajstić information content (AvgIpc) is 4.13. The second kappa shape index (κ2) is 19.8. The number of nitrogens with one attached hydrogen (secondary N) is 3. The number of aryl methyl sites for hydroxylation is 6. The van der Waals surface area contributed by atoms with E-state index in [4.69, 9.17) is 30.9 Å². The number of nitrogens with zero attached hydrogens (tertiary/aromatic N) is 10. The number of carbonyl (C=O) groups excluding carboxylic acids is 5. The molecule has 0 saturated heterocycles. The number of rotatable bonds is 20. The van der Waals surface area contributed by atoms with Crippen molar-refractivity contribution in [3.63, 3.8) is 0 Å². The van der Waals surface area contributed by atoms with Gasteiger partial charge in [-0.3, -0.25) is 48.7 Å². The topological polar surface area (TPSA) is 281 Å². The number of amides is 5. The van der Waals surface area contributed by atoms with Crippen molar-refractivity contribution in [2.75, 3.05) is 30.9 Å². The third-order valence-corrected chi connectivity index (χ3v) is 10.8. The fourth-order valence-corrected chi connectivity index (χ4v) is 7.70. The molecule has 7 N–H and O–H groups in total. The van der Waals surface area contributed by atoms with E-state index in [1.807, 2.05) is 39.8 Å². The average molecular weight is 916 g/mol. The van der Waals surface area contributed by atoms with Crippen LogP contribution in [-0.2, 0) is 32.7 Å². The number of methoxy groups -OCH3 is 1. The summed E-state index contributed by atoms with van der Waals surface area (Å²) in [7, 11) is 1.45. The predicted molar refractivity (Wildman–Crippen MR) is 248 cm³/mol. The van der Waals surface area contributed by atoms with E-state index in [1.165, 1.54) is 31.4 Å². The van der Waals surface area contributed by atoms with Crippen LogP contribution < -0.4 is 36.9 Å². The molecule has 350 valence electrons. The molecule has 22 nitrogen and oxygen atoms in total. The minimum atomic E-state index is -0.715. The van der Waals surface area contributed by atoms with Crippen molar-refractivity contribution < 1.29 is 33.4 Å². The molecule has 0 radical (unpaired) electrons. The van der Waals surface area contributed by atoms with Crippen LogP contribution >= 0.6 is 0 Å². The summed E-state index contributed by atoms with van der Waals surface area (Å²) in [6.07, 6.45) is 4.03. The second-order valence-electron chi connectivity index (χ2n) is 15.5. The Kier molecular flexibility index (Phi) is 13.8. The molecular weight excluding hydrogens is 863 g/mol. The molecule has 0 bridgehead atoms. The maximum atomic E-state index is 13.9. The molecule has 0 aliphatic heterocycles. The zero-order chi connectivity index (χ0) is 48.1. The van der Waals surface area contributed by atoms with E-state index in [2.05, 4.69) is 31.2 Å². The van der Waals surface area contributed by atoms with Gasteiger partial charge in [-0.2, -0.15) is 15.3 Å². The summed E-state index contributed by atoms with van der Waals surface area (Å²) in [4.78, 5) is 74.9. The van der Waals surface area contributed by atoms with E-state index in [0.717, 1.165) is 5.69 Å². The molecule has 2 aromatic carbocycles. The molecule has 7 aromatic rings. The van der Waals surface area contributed by atoms with Gasteiger partial charge in [0.1, 0.15) is 39.6 Å². The lowest BCUT2D eigenvalue weighted by Gasteiger charge is -2.13. The van der Waals surface area contributed by atoms with Gasteiger partial charge < -0.3 is 35.4 Å². The second-order valence-corrected chi connectivity index (χ2v) is 15.5. The lowest BCUT2D eigenvalue weighted by Crippen LogP contribution is -2.28. The van der Waals surface area contributed by atoms with Crippen molar-refractivity contribution in [1.82, 2.24) is 53.8 Å². The Bertz CT molecular complexity index is 3080. The van der Waals surface area contributed by atoms with Gasteiger partial charge in [0, 0.05) is 50.4 Å². The minimum absolute atomic E-state index is 0.108. The minimum Gasteiger partial charge on any atom is -0.494 e. The van der Waals surface area contributed by atoms with Gasteiger partial charge in [0.25, 0.3) is 17.7 Å². The zero-order valence-corrected chi connectivity index (χ0v) is 38.3. The number of hydrogen-bond donors (Lipinski definition) is 5. The summed E-state index contributed by atoms with van der Waals surface area (Å²) >= 11 is 0. The molecule has 22 heteroatoms. The van der Waals surface area contributed by atoms with Crippen LogP contribution in [0, 0.1) is 20.8 Å². The first-order valence-corrected chi connectivity index (χ1v) is 21.7. The van der Waals surface area contributed by atoms with E-state index < -0.39 is 23.6 Å². The van der Waals surface area contributed by atoms with Gasteiger partial charge >= 0.3 is 0 Å². The van der Waals surface area contributed by atoms with Gasteiger partial charge in [0.05, 0.1) is 41.8 Å². The largest absolute Gasteiger partial charge is 0.494 e. The summed E-state index contributed by atoms with van der Waals surface area (Å²) in [5.74, 6) is -1.74. The first-order chi connectivity index (χ1) is 32.1. The molecule has 7 rings (SSSR count). The molecule has 0 aliphatic rings. The summed E-state index contributed by atoms with van der Waals surface area (Å²) in [5, 5.41) is 21.9. The fraction of sp³-hybridized carbons (Fsp3) is 0.333. The molecule has 0 saturated carbocycles. The predicted octanol–water partition coefficient (Wildman–Crippen LogP) is 4.13. The van der Waals surface area contributed by atoms with E-state index >= 15 is 0 Å². The monoisotopic (exact) mass is 915 g/mol. The highest BCUT2D eigenvalue weighted by molar-refractivity contribution is 6.05. The number of fused-ring (bicyclic) bond motifs is 2. The number of benzene rings is 2. The first-order valence-electron chi connectivity index (χ1n) is 21.7. The normalized spacial score (nSPS) is 11.4. The number of anilines is 2. The third kappa shape index (κ3) is 9.87. The number of imidazole rings is 2. The number of nitrogens with two attached hydrogens (primary N) is 2. The molecule has 5 heterocycles. The Morgan fingerprint density at radius 3 is 1.45 bits per heavy atom. The number of primary amides is 2. The molecule has 0 spiro atoms. The Morgan fingerprint density at radius 2 is 1.03 bits per heavy atom. The Labute approximate surface area is 384 Å². The maximum absolute atomic E-state index is 13.9. The number of ether oxygens (including phenoxy) is 2. The molecular formula is C45H53N15O7. The van der Waals surface area contributed by atoms with Crippen LogP contribution in [0.5, 0.6) is 11.5 Å². The van der Waals surface area contributed by atoms with E-state index in [-0.39, 0.29) is 60.9 Å². The Hall–Kier alpha value is -8.30. The van der Waals surface area contributed by atoms with Crippen LogP contribution in [0.3, 0.4) is 0 Å². The van der Waals surface area contributed by atoms with Crippen LogP contribution in [0.1, 0.15) is 96.5 Å². The van der Waals surface area contributed by atoms with E-state index in [9.17, 15) is 24.0 Å². The SMILES string of the molecule is CCn1nc(C)cc1C(=O)NCCCOc1cc(C(N)=O)cc2nc(NC(=O)c3cc(C)nn3CC)n(C/C=C/Cn3c(NC(=O)c4cc(C)nn4CC)nc4cc(C(N)=O)cc(OC)c43)c12. The highest BCUT2D eigenvalue weighted by Gasteiger charge is 2.24. The number of allylic oxidation sites excluding steroid dienone is 2. The Morgan fingerprint density at radius 1 is 0.612 bits per heavy atom. The van der Waals surface area contributed by atoms with Crippen LogP contribution in [0.25, 0.3) is 22.1 Å². The quantitative estimate of drug-likeness (QED) is 0.0533. The summed E-state index contributed by atoms with van der Waals surface area (Å²) in [5.41, 5.74) is 16.5. The van der Waals surface area contributed by atoms with Crippen molar-refractivity contribution in [3.05, 3.63) is 99.9 Å². The molecule has 0 unspecified atom stereocenters. The maximum Gasteiger partial charge on any atom is 0.276 e. The van der Waals surface area contributed by atoms with Crippen LogP contribution in [0.15, 0.2) is 54.6 Å². The van der Waals surface area contributed by atoms with E-state index in [0.29, 0.717) is 82.3 Å². The molecule has 5 amide bonds. The lowest BCUT2D eigenvalue weighted by atomic mass is 10.1. The van der Waals surface area contributed by atoms with Gasteiger partial charge in [-0.25, -0.2) is 9.97 Å². The van der Waals surface area contributed by atoms with Crippen molar-refractivity contribution in [3.8, 4) is 11.5 Å². The number of aromatic nitrogens is 10. The van der Waals surface area contributed by atoms with Crippen LogP contribution in [-0.4, -0.2) is 98.2 Å². The van der Waals surface area contributed by atoms with Crippen molar-refractivity contribution in [2.24, 2.45) is 11.5 Å². The standard InChI is InChI=1S/C45H53N15O7/c1-8-58-32(18-25(4)53-58)41(63)48-14-13-17-67-36-24-29(40(47)62)22-31-38(36)57(45(50-31)52-43(65)34-20-27(6)55-60(34)10-3)16-12-11-15-56-37-30(21-28(39(46)61)23-35(37)66-7)49-44(56)51-42(64)33-19-26(5)54-59(33)9-2/h11-12,18-24H,8-10,13-17H2,1-7H3,(H2,46,61)(H2,47,62)(H,48,63)(H,49,51,64)(H,50,52,65)/b12-11+. The van der Waals surface area contributed by atoms with Gasteiger partial charge in [0.2, 0.25) is 23.7 Å². The smallest absolute Gasteiger partial charge is 0.276 e. The van der Waals surface area contributed by atoms with Crippen molar-refractivity contribution in [1.29, 1.82) is 0 Å². The molecule has 0 aliphatic carbocycles. The van der Waals surface area contributed by atoms with Crippen LogP contribution in [0.2, 0.25) is 0 Å². The fourth-order valence-electron chi connectivity index (χ4n) is 7.70. The highest BCUT2D eigenvalue weighted by atomic mass is 16.5. The molecule has 0 fully saturated rings. The third-order valence-electron chi connectivity index (χ3n) is 10.8. The van der Waals surface area contributed by atoms with Gasteiger partial charge in [-0.15, -0.1) is 0 Å². The summed E-state index contributed by atoms with van der Waals surface area (Å²) in [6.45, 7) is 13.2. The summed E-state index contributed by atoms with van der Waals surface area (Å²) < 4.78 is 20.3. The molecule has 67 heavy (non-hydrogen) atoms. The van der Waals surface area contributed by atoms with Gasteiger partial charge in [-0.1, -0.05) is 12.2 Å². The van der Waals surface area contributed by atoms with Gasteiger partial charge in [-0.05, 0) is 90.4 Å². The van der Waals surface area contributed by atoms with Crippen molar-refractivity contribution in [2.45, 2.75) is 80.7 Å². The number of carbonyl (C=O) groups is 5. The van der Waals surface area contributed by atoms with Crippen molar-refractivity contribution >= 4 is 63.5 Å². The number of hydrogen-bond acceptors (Lipinski definition) is 12. The highest BCUT2D eigenvalue weighted by Crippen LogP contribution is 2.33. The van der Waals surface area contributed by atoms with Crippen LogP contribution in [0.4, 0.5) is 11.9 Å². The Balaban J connectivity index is 1.23. The van der Waals surface area contributed by atoms with E-state index in [1.54, 1.807) is 55.2 Å². The zero-order valence-electron chi connectivity index (χ0n) is 38.3. The molecule has 5 aromatic heterocycles. The first kappa shape index (κ1) is 46.7. The molecule has 0 atom stereocenters.